The molecule has 0 aliphatic carbocycles. The number of anilines is 1. The fourth-order valence-corrected chi connectivity index (χ4v) is 6.87. The summed E-state index contributed by atoms with van der Waals surface area (Å²) < 4.78 is 33.7. The van der Waals surface area contributed by atoms with E-state index >= 15 is 0 Å². The Morgan fingerprint density at radius 1 is 0.755 bits per heavy atom. The molecule has 1 heterocycles. The molecule has 3 rings (SSSR count). The molecule has 2 aromatic carbocycles. The van der Waals surface area contributed by atoms with Gasteiger partial charge in [-0.25, -0.2) is 13.1 Å². The van der Waals surface area contributed by atoms with E-state index in [0.717, 1.165) is 38.7 Å². The number of carbonyl (C=O) groups is 5. The van der Waals surface area contributed by atoms with Crippen LogP contribution >= 0.6 is 0 Å². The maximum Gasteiger partial charge on any atom is 0.264 e. The molecule has 0 saturated heterocycles. The summed E-state index contributed by atoms with van der Waals surface area (Å²) in [5, 5.41) is 2.51. The second kappa shape index (κ2) is 19.8. The third-order valence-corrected chi connectivity index (χ3v) is 9.93. The lowest BCUT2D eigenvalue weighted by molar-refractivity contribution is -0.130. The van der Waals surface area contributed by atoms with Crippen LogP contribution in [0.2, 0.25) is 0 Å². The monoisotopic (exact) mass is 697 g/mol. The van der Waals surface area contributed by atoms with Crippen molar-refractivity contribution in [1.82, 2.24) is 9.62 Å². The van der Waals surface area contributed by atoms with Gasteiger partial charge in [0.05, 0.1) is 28.3 Å². The van der Waals surface area contributed by atoms with Gasteiger partial charge < -0.3 is 10.1 Å². The highest BCUT2D eigenvalue weighted by Crippen LogP contribution is 2.30. The standard InChI is InChI=1S/C37H51N3O8S/c1-4-6-7-8-9-10-11-12-13-14-15-16-17-20-25-48-32-24-23-28(49(46,47)39-33(42)5-2)26-31(32)38-35(43)34(27(3)41)40-36(44)29-21-18-19-22-30(29)37(40)45/h18-19,21-24,26,34H,4-17,20,25H2,1-3H3,(H,38,43)(H,39,42). The zero-order valence-corrected chi connectivity index (χ0v) is 29.9. The third-order valence-electron chi connectivity index (χ3n) is 8.56. The number of amides is 4. The summed E-state index contributed by atoms with van der Waals surface area (Å²) >= 11 is 0. The van der Waals surface area contributed by atoms with E-state index in [1.807, 2.05) is 4.72 Å². The molecule has 0 radical (unpaired) electrons. The summed E-state index contributed by atoms with van der Waals surface area (Å²) in [6.07, 6.45) is 16.8. The number of carbonyl (C=O) groups excluding carboxylic acids is 5. The molecule has 2 N–H and O–H groups in total. The van der Waals surface area contributed by atoms with Gasteiger partial charge in [0.2, 0.25) is 5.91 Å². The van der Waals surface area contributed by atoms with E-state index in [1.165, 1.54) is 95.4 Å². The van der Waals surface area contributed by atoms with Crippen LogP contribution in [0.3, 0.4) is 0 Å². The number of nitrogens with zero attached hydrogens (tertiary/aromatic N) is 1. The molecule has 4 amide bonds. The Morgan fingerprint density at radius 2 is 1.27 bits per heavy atom. The van der Waals surface area contributed by atoms with Crippen molar-refractivity contribution < 1.29 is 37.1 Å². The van der Waals surface area contributed by atoms with Gasteiger partial charge in [-0.15, -0.1) is 0 Å². The van der Waals surface area contributed by atoms with Crippen LogP contribution in [0.5, 0.6) is 5.75 Å². The molecule has 1 aliphatic rings. The molecule has 12 heteroatoms. The summed E-state index contributed by atoms with van der Waals surface area (Å²) in [5.41, 5.74) is 0.0528. The van der Waals surface area contributed by atoms with E-state index < -0.39 is 45.5 Å². The smallest absolute Gasteiger partial charge is 0.264 e. The first-order chi connectivity index (χ1) is 23.5. The van der Waals surface area contributed by atoms with Crippen molar-refractivity contribution >= 4 is 45.1 Å². The van der Waals surface area contributed by atoms with Crippen molar-refractivity contribution in [3.05, 3.63) is 53.6 Å². The Morgan fingerprint density at radius 3 is 1.76 bits per heavy atom. The number of Topliss-reactive ketones (excluding diaryl/α,β-unsaturated/α-hetero) is 1. The third kappa shape index (κ3) is 11.5. The van der Waals surface area contributed by atoms with Gasteiger partial charge in [-0.1, -0.05) is 109 Å². The molecule has 0 saturated carbocycles. The van der Waals surface area contributed by atoms with E-state index in [-0.39, 0.29) is 40.5 Å². The lowest BCUT2D eigenvalue weighted by Crippen LogP contribution is -2.51. The fraction of sp³-hybridized carbons (Fsp3) is 0.541. The van der Waals surface area contributed by atoms with Crippen LogP contribution < -0.4 is 14.8 Å². The Kier molecular flexibility index (Phi) is 15.9. The largest absolute Gasteiger partial charge is 0.491 e. The molecule has 0 fully saturated rings. The second-order valence-electron chi connectivity index (χ2n) is 12.5. The van der Waals surface area contributed by atoms with Gasteiger partial charge in [0.25, 0.3) is 27.7 Å². The van der Waals surface area contributed by atoms with Crippen molar-refractivity contribution in [2.24, 2.45) is 0 Å². The van der Waals surface area contributed by atoms with E-state index in [4.69, 9.17) is 4.74 Å². The number of nitrogens with one attached hydrogen (secondary N) is 2. The molecule has 0 bridgehead atoms. The minimum atomic E-state index is -4.30. The van der Waals surface area contributed by atoms with Gasteiger partial charge in [-0.3, -0.25) is 28.9 Å². The van der Waals surface area contributed by atoms with Crippen molar-refractivity contribution in [2.45, 2.75) is 128 Å². The average Bonchev–Trinajstić information content (AvgIpc) is 3.32. The van der Waals surface area contributed by atoms with E-state index in [2.05, 4.69) is 12.2 Å². The number of hydrogen-bond donors (Lipinski definition) is 2. The second-order valence-corrected chi connectivity index (χ2v) is 14.2. The van der Waals surface area contributed by atoms with Crippen molar-refractivity contribution in [1.29, 1.82) is 0 Å². The summed E-state index contributed by atoms with van der Waals surface area (Å²) in [6.45, 7) is 5.11. The van der Waals surface area contributed by atoms with Crippen molar-refractivity contribution in [2.75, 3.05) is 11.9 Å². The van der Waals surface area contributed by atoms with Gasteiger partial charge in [-0.2, -0.15) is 0 Å². The normalized spacial score (nSPS) is 13.2. The summed E-state index contributed by atoms with van der Waals surface area (Å²) in [7, 11) is -4.30. The number of rotatable bonds is 23. The Bertz CT molecular complexity index is 1540. The van der Waals surface area contributed by atoms with E-state index in [9.17, 15) is 32.4 Å². The summed E-state index contributed by atoms with van der Waals surface area (Å²) in [5.74, 6) is -3.95. The van der Waals surface area contributed by atoms with Crippen LogP contribution in [0, 0.1) is 0 Å². The molecule has 1 atom stereocenters. The Hall–Kier alpha value is -4.06. The first-order valence-corrected chi connectivity index (χ1v) is 19.1. The molecule has 0 aromatic heterocycles. The number of ketones is 1. The van der Waals surface area contributed by atoms with Gasteiger partial charge in [0.1, 0.15) is 5.75 Å². The van der Waals surface area contributed by atoms with Gasteiger partial charge >= 0.3 is 0 Å². The number of sulfonamides is 1. The molecule has 268 valence electrons. The maximum atomic E-state index is 13.6. The minimum absolute atomic E-state index is 0.0657. The quantitative estimate of drug-likeness (QED) is 0.0718. The van der Waals surface area contributed by atoms with E-state index in [0.29, 0.717) is 4.90 Å². The molecular formula is C37H51N3O8S. The molecular weight excluding hydrogens is 646 g/mol. The van der Waals surface area contributed by atoms with Gasteiger partial charge in [0.15, 0.2) is 11.8 Å². The number of ether oxygens (including phenoxy) is 1. The summed E-state index contributed by atoms with van der Waals surface area (Å²) in [6, 6.07) is 7.92. The Labute approximate surface area is 290 Å². The van der Waals surface area contributed by atoms with Crippen molar-refractivity contribution in [3.8, 4) is 5.75 Å². The van der Waals surface area contributed by atoms with Crippen LogP contribution in [0.1, 0.15) is 138 Å². The van der Waals surface area contributed by atoms with Crippen LogP contribution in [0.15, 0.2) is 47.4 Å². The summed E-state index contributed by atoms with van der Waals surface area (Å²) in [4.78, 5) is 64.6. The first-order valence-electron chi connectivity index (χ1n) is 17.6. The molecule has 49 heavy (non-hydrogen) atoms. The highest BCUT2D eigenvalue weighted by Gasteiger charge is 2.45. The molecule has 1 unspecified atom stereocenters. The van der Waals surface area contributed by atoms with Gasteiger partial charge in [-0.05, 0) is 43.7 Å². The van der Waals surface area contributed by atoms with Crippen molar-refractivity contribution in [3.63, 3.8) is 0 Å². The number of fused-ring (bicyclic) bond motifs is 1. The van der Waals surface area contributed by atoms with E-state index in [1.54, 1.807) is 12.1 Å². The van der Waals surface area contributed by atoms with Crippen LogP contribution in [-0.2, 0) is 24.4 Å². The lowest BCUT2D eigenvalue weighted by atomic mass is 10.0. The first kappa shape index (κ1) is 39.4. The fourth-order valence-electron chi connectivity index (χ4n) is 5.79. The SMILES string of the molecule is CCCCCCCCCCCCCCCCOc1ccc(S(=O)(=O)NC(=O)CC)cc1NC(=O)C(C(C)=O)N1C(=O)c2ccccc2C1=O. The number of imide groups is 1. The molecule has 1 aliphatic heterocycles. The number of unbranched alkanes of at least 4 members (excludes halogenated alkanes) is 13. The van der Waals surface area contributed by atoms with Crippen LogP contribution in [0.25, 0.3) is 0 Å². The minimum Gasteiger partial charge on any atom is -0.491 e. The number of hydrogen-bond acceptors (Lipinski definition) is 8. The molecule has 11 nitrogen and oxygen atoms in total. The zero-order valence-electron chi connectivity index (χ0n) is 29.1. The molecule has 2 aromatic rings. The predicted molar refractivity (Wildman–Crippen MR) is 188 cm³/mol. The zero-order chi connectivity index (χ0) is 35.8. The highest BCUT2D eigenvalue weighted by atomic mass is 32.2. The topological polar surface area (TPSA) is 156 Å². The number of benzene rings is 2. The predicted octanol–water partition coefficient (Wildman–Crippen LogP) is 6.95. The van der Waals surface area contributed by atoms with Crippen LogP contribution in [0.4, 0.5) is 5.69 Å². The molecule has 0 spiro atoms. The van der Waals surface area contributed by atoms with Gasteiger partial charge in [0, 0.05) is 6.42 Å². The highest BCUT2D eigenvalue weighted by molar-refractivity contribution is 7.90. The Balaban J connectivity index is 1.62. The maximum absolute atomic E-state index is 13.6. The van der Waals surface area contributed by atoms with Crippen LogP contribution in [-0.4, -0.2) is 55.4 Å². The average molecular weight is 698 g/mol. The lowest BCUT2D eigenvalue weighted by Gasteiger charge is -2.24.